The molecule has 2 rings (SSSR count). The van der Waals surface area contributed by atoms with E-state index in [1.165, 1.54) is 38.5 Å². The van der Waals surface area contributed by atoms with Crippen LogP contribution < -0.4 is 10.6 Å². The van der Waals surface area contributed by atoms with E-state index in [1.807, 2.05) is 0 Å². The van der Waals surface area contributed by atoms with Crippen LogP contribution in [0.3, 0.4) is 0 Å². The van der Waals surface area contributed by atoms with Gasteiger partial charge in [0.2, 0.25) is 5.91 Å². The van der Waals surface area contributed by atoms with Crippen LogP contribution in [0.15, 0.2) is 0 Å². The highest BCUT2D eigenvalue weighted by Crippen LogP contribution is 2.25. The maximum Gasteiger partial charge on any atom is 0.221 e. The average Bonchev–Trinajstić information content (AvgIpc) is 2.66. The Morgan fingerprint density at radius 1 is 1.27 bits per heavy atom. The highest BCUT2D eigenvalue weighted by Gasteiger charge is 2.21. The lowest BCUT2D eigenvalue weighted by Crippen LogP contribution is -2.32. The fraction of sp³-hybridized carbons (Fsp3) is 0.917. The van der Waals surface area contributed by atoms with Crippen LogP contribution >= 0.6 is 0 Å². The Bertz CT molecular complexity index is 212. The molecule has 15 heavy (non-hydrogen) atoms. The molecule has 0 aromatic rings. The summed E-state index contributed by atoms with van der Waals surface area (Å²) in [5.41, 5.74) is 0. The van der Waals surface area contributed by atoms with Gasteiger partial charge in [0.1, 0.15) is 0 Å². The van der Waals surface area contributed by atoms with Crippen LogP contribution in [-0.4, -0.2) is 25.0 Å². The number of rotatable bonds is 4. The molecule has 1 heterocycles. The Morgan fingerprint density at radius 3 is 2.73 bits per heavy atom. The monoisotopic (exact) mass is 210 g/mol. The second-order valence-electron chi connectivity index (χ2n) is 4.95. The predicted molar refractivity (Wildman–Crippen MR) is 60.6 cm³/mol. The topological polar surface area (TPSA) is 41.1 Å². The van der Waals surface area contributed by atoms with Gasteiger partial charge >= 0.3 is 0 Å². The first-order valence-electron chi connectivity index (χ1n) is 6.34. The van der Waals surface area contributed by atoms with Crippen molar-refractivity contribution in [3.05, 3.63) is 0 Å². The zero-order chi connectivity index (χ0) is 10.5. The summed E-state index contributed by atoms with van der Waals surface area (Å²) < 4.78 is 0. The molecule has 1 saturated carbocycles. The van der Waals surface area contributed by atoms with Crippen molar-refractivity contribution in [2.45, 2.75) is 51.0 Å². The molecule has 3 heteroatoms. The van der Waals surface area contributed by atoms with Crippen LogP contribution in [0.5, 0.6) is 0 Å². The first-order chi connectivity index (χ1) is 7.34. The molecule has 1 unspecified atom stereocenters. The zero-order valence-corrected chi connectivity index (χ0v) is 9.43. The normalized spacial score (nSPS) is 28.0. The third-order valence-electron chi connectivity index (χ3n) is 3.69. The zero-order valence-electron chi connectivity index (χ0n) is 9.43. The summed E-state index contributed by atoms with van der Waals surface area (Å²) >= 11 is 0. The molecule has 0 aromatic heterocycles. The third-order valence-corrected chi connectivity index (χ3v) is 3.69. The first-order valence-corrected chi connectivity index (χ1v) is 6.34. The summed E-state index contributed by atoms with van der Waals surface area (Å²) in [7, 11) is 0. The van der Waals surface area contributed by atoms with Crippen LogP contribution in [-0.2, 0) is 4.79 Å². The van der Waals surface area contributed by atoms with Crippen molar-refractivity contribution in [2.75, 3.05) is 13.1 Å². The van der Waals surface area contributed by atoms with Crippen molar-refractivity contribution in [1.29, 1.82) is 0 Å². The Labute approximate surface area is 92.0 Å². The summed E-state index contributed by atoms with van der Waals surface area (Å²) in [6.45, 7) is 1.91. The molecule has 86 valence electrons. The highest BCUT2D eigenvalue weighted by atomic mass is 16.1. The van der Waals surface area contributed by atoms with E-state index in [2.05, 4.69) is 10.6 Å². The van der Waals surface area contributed by atoms with E-state index in [9.17, 15) is 4.79 Å². The second-order valence-corrected chi connectivity index (χ2v) is 4.95. The van der Waals surface area contributed by atoms with Gasteiger partial charge in [-0.1, -0.05) is 32.1 Å². The van der Waals surface area contributed by atoms with E-state index in [0.29, 0.717) is 12.5 Å². The standard InChI is InChI=1S/C12H22N2O/c15-12-8-11(9-14-12)13-7-6-10-4-2-1-3-5-10/h10-11,13H,1-9H2,(H,14,15). The van der Waals surface area contributed by atoms with E-state index in [0.717, 1.165) is 19.0 Å². The van der Waals surface area contributed by atoms with Crippen LogP contribution in [0.2, 0.25) is 0 Å². The van der Waals surface area contributed by atoms with Crippen molar-refractivity contribution < 1.29 is 4.79 Å². The van der Waals surface area contributed by atoms with E-state index in [1.54, 1.807) is 0 Å². The minimum Gasteiger partial charge on any atom is -0.354 e. The molecule has 1 aliphatic carbocycles. The molecular formula is C12H22N2O. The number of hydrogen-bond donors (Lipinski definition) is 2. The third kappa shape index (κ3) is 3.49. The number of nitrogens with one attached hydrogen (secondary N) is 2. The molecule has 2 N–H and O–H groups in total. The largest absolute Gasteiger partial charge is 0.354 e. The molecule has 0 aromatic carbocycles. The van der Waals surface area contributed by atoms with Crippen LogP contribution in [0.25, 0.3) is 0 Å². The molecule has 1 saturated heterocycles. The van der Waals surface area contributed by atoms with Crippen LogP contribution in [0.4, 0.5) is 0 Å². The van der Waals surface area contributed by atoms with Gasteiger partial charge in [0.05, 0.1) is 0 Å². The quantitative estimate of drug-likeness (QED) is 0.737. The lowest BCUT2D eigenvalue weighted by Gasteiger charge is -2.22. The molecular weight excluding hydrogens is 188 g/mol. The number of hydrogen-bond acceptors (Lipinski definition) is 2. The van der Waals surface area contributed by atoms with E-state index >= 15 is 0 Å². The predicted octanol–water partition coefficient (Wildman–Crippen LogP) is 1.43. The summed E-state index contributed by atoms with van der Waals surface area (Å²) in [5, 5.41) is 6.33. The first kappa shape index (κ1) is 10.9. The van der Waals surface area contributed by atoms with Gasteiger partial charge in [-0.25, -0.2) is 0 Å². The minimum atomic E-state index is 0.199. The Morgan fingerprint density at radius 2 is 2.07 bits per heavy atom. The van der Waals surface area contributed by atoms with Gasteiger partial charge in [0.25, 0.3) is 0 Å². The van der Waals surface area contributed by atoms with E-state index in [-0.39, 0.29) is 5.91 Å². The molecule has 1 aliphatic heterocycles. The van der Waals surface area contributed by atoms with Gasteiger partial charge in [-0.2, -0.15) is 0 Å². The smallest absolute Gasteiger partial charge is 0.221 e. The molecule has 1 amide bonds. The molecule has 0 spiro atoms. The maximum atomic E-state index is 11.0. The number of amides is 1. The lowest BCUT2D eigenvalue weighted by atomic mass is 9.87. The molecule has 2 aliphatic rings. The average molecular weight is 210 g/mol. The van der Waals surface area contributed by atoms with Gasteiger partial charge in [-0.15, -0.1) is 0 Å². The van der Waals surface area contributed by atoms with Gasteiger partial charge in [0, 0.05) is 19.0 Å². The molecule has 0 radical (unpaired) electrons. The van der Waals surface area contributed by atoms with Gasteiger partial charge < -0.3 is 10.6 Å². The number of carbonyl (C=O) groups excluding carboxylic acids is 1. The lowest BCUT2D eigenvalue weighted by molar-refractivity contribution is -0.119. The fourth-order valence-electron chi connectivity index (χ4n) is 2.72. The summed E-state index contributed by atoms with van der Waals surface area (Å²) in [4.78, 5) is 11.0. The molecule has 0 bridgehead atoms. The summed E-state index contributed by atoms with van der Waals surface area (Å²) in [6, 6.07) is 0.390. The van der Waals surface area contributed by atoms with Crippen molar-refractivity contribution in [3.63, 3.8) is 0 Å². The fourth-order valence-corrected chi connectivity index (χ4v) is 2.72. The highest BCUT2D eigenvalue weighted by molar-refractivity contribution is 5.78. The van der Waals surface area contributed by atoms with Crippen molar-refractivity contribution in [3.8, 4) is 0 Å². The van der Waals surface area contributed by atoms with Crippen molar-refractivity contribution in [2.24, 2.45) is 5.92 Å². The molecule has 2 fully saturated rings. The van der Waals surface area contributed by atoms with Gasteiger partial charge in [0.15, 0.2) is 0 Å². The minimum absolute atomic E-state index is 0.199. The second kappa shape index (κ2) is 5.50. The van der Waals surface area contributed by atoms with E-state index < -0.39 is 0 Å². The summed E-state index contributed by atoms with van der Waals surface area (Å²) in [5.74, 6) is 1.14. The van der Waals surface area contributed by atoms with Crippen molar-refractivity contribution >= 4 is 5.91 Å². The SMILES string of the molecule is O=C1CC(NCCC2CCCCC2)CN1. The Balaban J connectivity index is 1.56. The maximum absolute atomic E-state index is 11.0. The van der Waals surface area contributed by atoms with Gasteiger partial charge in [-0.05, 0) is 18.9 Å². The molecule has 3 nitrogen and oxygen atoms in total. The van der Waals surface area contributed by atoms with E-state index in [4.69, 9.17) is 0 Å². The summed E-state index contributed by atoms with van der Waals surface area (Å²) in [6.07, 6.45) is 9.09. The number of carbonyl (C=O) groups is 1. The van der Waals surface area contributed by atoms with Gasteiger partial charge in [-0.3, -0.25) is 4.79 Å². The molecule has 1 atom stereocenters. The Hall–Kier alpha value is -0.570. The Kier molecular flexibility index (Phi) is 4.01. The van der Waals surface area contributed by atoms with Crippen LogP contribution in [0, 0.1) is 5.92 Å². The van der Waals surface area contributed by atoms with Crippen molar-refractivity contribution in [1.82, 2.24) is 10.6 Å². The van der Waals surface area contributed by atoms with Crippen LogP contribution in [0.1, 0.15) is 44.9 Å².